The number of carbonyl (C=O) groups is 1. The van der Waals surface area contributed by atoms with Crippen molar-refractivity contribution < 1.29 is 14.6 Å². The molecule has 5 heteroatoms. The van der Waals surface area contributed by atoms with Crippen molar-refractivity contribution in [2.75, 3.05) is 26.7 Å². The first-order chi connectivity index (χ1) is 9.41. The monoisotopic (exact) mass is 297 g/mol. The second-order valence-electron chi connectivity index (χ2n) is 5.58. The number of nitrogens with zero attached hydrogens (tertiary/aromatic N) is 1. The third-order valence-corrected chi connectivity index (χ3v) is 3.89. The van der Waals surface area contributed by atoms with Crippen molar-refractivity contribution in [3.63, 3.8) is 0 Å². The standard InChI is InChI=1S/C15H20ClNO3/c1-15(19)6-3-7-17(10-15)9-13(18)11-4-5-14(20-2)12(16)8-11/h4-5,8,19H,3,6-7,9-10H2,1-2H3. The Morgan fingerprint density at radius 2 is 2.30 bits per heavy atom. The number of aliphatic hydroxyl groups is 1. The molecule has 0 saturated carbocycles. The van der Waals surface area contributed by atoms with Gasteiger partial charge in [0.25, 0.3) is 0 Å². The number of piperidine rings is 1. The van der Waals surface area contributed by atoms with E-state index in [4.69, 9.17) is 16.3 Å². The summed E-state index contributed by atoms with van der Waals surface area (Å²) in [4.78, 5) is 14.2. The molecule has 1 fully saturated rings. The Hall–Kier alpha value is -1.10. The fourth-order valence-electron chi connectivity index (χ4n) is 2.59. The molecule has 0 amide bonds. The van der Waals surface area contributed by atoms with Crippen LogP contribution in [0, 0.1) is 0 Å². The lowest BCUT2D eigenvalue weighted by Gasteiger charge is -2.36. The fraction of sp³-hybridized carbons (Fsp3) is 0.533. The summed E-state index contributed by atoms with van der Waals surface area (Å²) in [6.07, 6.45) is 1.69. The van der Waals surface area contributed by atoms with Gasteiger partial charge in [0.2, 0.25) is 0 Å². The maximum absolute atomic E-state index is 12.3. The molecule has 1 atom stereocenters. The Labute approximate surface area is 124 Å². The molecular formula is C15H20ClNO3. The van der Waals surface area contributed by atoms with E-state index in [1.165, 1.54) is 0 Å². The molecule has 1 heterocycles. The van der Waals surface area contributed by atoms with Crippen molar-refractivity contribution in [3.05, 3.63) is 28.8 Å². The summed E-state index contributed by atoms with van der Waals surface area (Å²) in [6, 6.07) is 5.04. The summed E-state index contributed by atoms with van der Waals surface area (Å²) in [7, 11) is 1.54. The molecule has 1 aliphatic rings. The molecule has 110 valence electrons. The molecule has 1 N–H and O–H groups in total. The Morgan fingerprint density at radius 1 is 1.55 bits per heavy atom. The van der Waals surface area contributed by atoms with Crippen LogP contribution in [-0.4, -0.2) is 48.1 Å². The molecule has 0 aromatic heterocycles. The highest BCUT2D eigenvalue weighted by atomic mass is 35.5. The lowest BCUT2D eigenvalue weighted by molar-refractivity contribution is -0.0132. The first-order valence-corrected chi connectivity index (χ1v) is 7.10. The van der Waals surface area contributed by atoms with Gasteiger partial charge in [-0.25, -0.2) is 0 Å². The van der Waals surface area contributed by atoms with E-state index in [1.54, 1.807) is 25.3 Å². The molecule has 1 aliphatic heterocycles. The van der Waals surface area contributed by atoms with Gasteiger partial charge in [-0.1, -0.05) is 11.6 Å². The normalized spacial score (nSPS) is 23.6. The van der Waals surface area contributed by atoms with Crippen molar-refractivity contribution in [3.8, 4) is 5.75 Å². The number of halogens is 1. The molecule has 4 nitrogen and oxygen atoms in total. The number of ketones is 1. The minimum absolute atomic E-state index is 0.00672. The van der Waals surface area contributed by atoms with Crippen LogP contribution in [0.2, 0.25) is 5.02 Å². The minimum atomic E-state index is -0.698. The quantitative estimate of drug-likeness (QED) is 0.867. The molecule has 20 heavy (non-hydrogen) atoms. The number of methoxy groups -OCH3 is 1. The van der Waals surface area contributed by atoms with Crippen LogP contribution in [0.25, 0.3) is 0 Å². The van der Waals surface area contributed by atoms with Crippen LogP contribution in [-0.2, 0) is 0 Å². The zero-order valence-corrected chi connectivity index (χ0v) is 12.6. The topological polar surface area (TPSA) is 49.8 Å². The van der Waals surface area contributed by atoms with Gasteiger partial charge in [-0.15, -0.1) is 0 Å². The van der Waals surface area contributed by atoms with Crippen LogP contribution in [0.4, 0.5) is 0 Å². The van der Waals surface area contributed by atoms with Crippen molar-refractivity contribution in [2.24, 2.45) is 0 Å². The Morgan fingerprint density at radius 3 is 2.90 bits per heavy atom. The minimum Gasteiger partial charge on any atom is -0.495 e. The number of ether oxygens (including phenoxy) is 1. The van der Waals surface area contributed by atoms with E-state index in [9.17, 15) is 9.90 Å². The van der Waals surface area contributed by atoms with Crippen LogP contribution < -0.4 is 4.74 Å². The number of benzene rings is 1. The first-order valence-electron chi connectivity index (χ1n) is 6.73. The molecular weight excluding hydrogens is 278 g/mol. The molecule has 0 bridgehead atoms. The smallest absolute Gasteiger partial charge is 0.176 e. The number of Topliss-reactive ketones (excluding diaryl/α,β-unsaturated/α-hetero) is 1. The van der Waals surface area contributed by atoms with Gasteiger partial charge in [-0.2, -0.15) is 0 Å². The summed E-state index contributed by atoms with van der Waals surface area (Å²) in [6.45, 7) is 3.49. The van der Waals surface area contributed by atoms with E-state index in [0.29, 0.717) is 29.4 Å². The van der Waals surface area contributed by atoms with Crippen molar-refractivity contribution in [1.82, 2.24) is 4.90 Å². The largest absolute Gasteiger partial charge is 0.495 e. The molecule has 2 rings (SSSR count). The first kappa shape index (κ1) is 15.3. The molecule has 1 unspecified atom stereocenters. The summed E-state index contributed by atoms with van der Waals surface area (Å²) in [5.41, 5.74) is -0.128. The average molecular weight is 298 g/mol. The molecule has 1 saturated heterocycles. The van der Waals surface area contributed by atoms with Gasteiger partial charge in [-0.05, 0) is 44.5 Å². The third-order valence-electron chi connectivity index (χ3n) is 3.59. The predicted molar refractivity (Wildman–Crippen MR) is 78.6 cm³/mol. The SMILES string of the molecule is COc1ccc(C(=O)CN2CCCC(C)(O)C2)cc1Cl. The van der Waals surface area contributed by atoms with Gasteiger partial charge in [0.15, 0.2) is 5.78 Å². The molecule has 0 aliphatic carbocycles. The zero-order valence-electron chi connectivity index (χ0n) is 11.9. The summed E-state index contributed by atoms with van der Waals surface area (Å²) < 4.78 is 5.07. The number of hydrogen-bond donors (Lipinski definition) is 1. The van der Waals surface area contributed by atoms with Gasteiger partial charge >= 0.3 is 0 Å². The Bertz CT molecular complexity index is 502. The van der Waals surface area contributed by atoms with E-state index in [1.807, 2.05) is 11.8 Å². The average Bonchev–Trinajstić information content (AvgIpc) is 2.37. The van der Waals surface area contributed by atoms with E-state index in [2.05, 4.69) is 0 Å². The molecule has 1 aromatic carbocycles. The highest BCUT2D eigenvalue weighted by molar-refractivity contribution is 6.32. The third kappa shape index (κ3) is 3.72. The van der Waals surface area contributed by atoms with E-state index < -0.39 is 5.60 Å². The fourth-order valence-corrected chi connectivity index (χ4v) is 2.85. The van der Waals surface area contributed by atoms with Crippen LogP contribution in [0.15, 0.2) is 18.2 Å². The second-order valence-corrected chi connectivity index (χ2v) is 5.99. The van der Waals surface area contributed by atoms with Crippen LogP contribution in [0.3, 0.4) is 0 Å². The van der Waals surface area contributed by atoms with Gasteiger partial charge in [-0.3, -0.25) is 9.69 Å². The lowest BCUT2D eigenvalue weighted by atomic mass is 9.95. The van der Waals surface area contributed by atoms with Crippen molar-refractivity contribution in [2.45, 2.75) is 25.4 Å². The predicted octanol–water partition coefficient (Wildman–Crippen LogP) is 2.38. The summed E-state index contributed by atoms with van der Waals surface area (Å²) in [5.74, 6) is 0.566. The van der Waals surface area contributed by atoms with Gasteiger partial charge in [0.05, 0.1) is 24.3 Å². The Kier molecular flexibility index (Phi) is 4.68. The second kappa shape index (κ2) is 6.12. The summed E-state index contributed by atoms with van der Waals surface area (Å²) >= 11 is 6.03. The van der Waals surface area contributed by atoms with E-state index in [-0.39, 0.29) is 5.78 Å². The number of rotatable bonds is 4. The number of carbonyl (C=O) groups excluding carboxylic acids is 1. The molecule has 1 aromatic rings. The maximum atomic E-state index is 12.3. The zero-order chi connectivity index (χ0) is 14.8. The number of β-amino-alcohol motifs (C(OH)–C–C–N with tert-alkyl or cyclic N) is 1. The van der Waals surface area contributed by atoms with Crippen molar-refractivity contribution in [1.29, 1.82) is 0 Å². The van der Waals surface area contributed by atoms with Gasteiger partial charge < -0.3 is 9.84 Å². The van der Waals surface area contributed by atoms with Crippen LogP contribution >= 0.6 is 11.6 Å². The number of likely N-dealkylation sites (tertiary alicyclic amines) is 1. The highest BCUT2D eigenvalue weighted by Crippen LogP contribution is 2.26. The van der Waals surface area contributed by atoms with Crippen molar-refractivity contribution >= 4 is 17.4 Å². The lowest BCUT2D eigenvalue weighted by Crippen LogP contribution is -2.47. The Balaban J connectivity index is 2.03. The van der Waals surface area contributed by atoms with Gasteiger partial charge in [0, 0.05) is 12.1 Å². The molecule has 0 radical (unpaired) electrons. The van der Waals surface area contributed by atoms with Crippen LogP contribution in [0.1, 0.15) is 30.1 Å². The van der Waals surface area contributed by atoms with Gasteiger partial charge in [0.1, 0.15) is 5.75 Å². The summed E-state index contributed by atoms with van der Waals surface area (Å²) in [5, 5.41) is 10.5. The molecule has 0 spiro atoms. The van der Waals surface area contributed by atoms with E-state index in [0.717, 1.165) is 19.4 Å². The van der Waals surface area contributed by atoms with E-state index >= 15 is 0 Å². The van der Waals surface area contributed by atoms with Crippen LogP contribution in [0.5, 0.6) is 5.75 Å². The highest BCUT2D eigenvalue weighted by Gasteiger charge is 2.29. The number of hydrogen-bond acceptors (Lipinski definition) is 4. The maximum Gasteiger partial charge on any atom is 0.176 e.